The number of aromatic nitrogens is 3. The topological polar surface area (TPSA) is 71.8 Å². The van der Waals surface area contributed by atoms with Gasteiger partial charge in [0, 0.05) is 18.5 Å². The van der Waals surface area contributed by atoms with Crippen LogP contribution in [0.4, 0.5) is 0 Å². The monoisotopic (exact) mass is 363 g/mol. The lowest BCUT2D eigenvalue weighted by Crippen LogP contribution is -2.37. The average Bonchev–Trinajstić information content (AvgIpc) is 3.26. The first-order valence-corrected chi connectivity index (χ1v) is 10.3. The zero-order valence-corrected chi connectivity index (χ0v) is 15.9. The van der Waals surface area contributed by atoms with Gasteiger partial charge in [-0.25, -0.2) is 0 Å². The maximum Gasteiger partial charge on any atom is 0.233 e. The molecule has 1 aliphatic heterocycles. The minimum Gasteiger partial charge on any atom is -0.352 e. The Labute approximate surface area is 154 Å². The van der Waals surface area contributed by atoms with Crippen LogP contribution in [0, 0.1) is 0 Å². The Bertz CT molecular complexity index is 590. The van der Waals surface area contributed by atoms with Crippen LogP contribution in [0.5, 0.6) is 0 Å². The predicted octanol–water partition coefficient (Wildman–Crippen LogP) is 2.47. The second-order valence-electron chi connectivity index (χ2n) is 7.01. The smallest absolute Gasteiger partial charge is 0.233 e. The first-order valence-electron chi connectivity index (χ1n) is 9.40. The summed E-state index contributed by atoms with van der Waals surface area (Å²) in [7, 11) is 0. The van der Waals surface area contributed by atoms with E-state index in [1.54, 1.807) is 0 Å². The molecular formula is C18H29N5OS. The van der Waals surface area contributed by atoms with E-state index in [1.165, 1.54) is 24.6 Å². The molecule has 0 spiro atoms. The lowest BCUT2D eigenvalue weighted by Gasteiger charge is -2.22. The van der Waals surface area contributed by atoms with E-state index in [1.807, 2.05) is 13.0 Å². The fourth-order valence-electron chi connectivity index (χ4n) is 3.67. The van der Waals surface area contributed by atoms with Crippen molar-refractivity contribution in [3.05, 3.63) is 18.5 Å². The summed E-state index contributed by atoms with van der Waals surface area (Å²) in [6.45, 7) is 8.55. The molecule has 0 radical (unpaired) electrons. The fourth-order valence-corrected chi connectivity index (χ4v) is 4.54. The zero-order valence-electron chi connectivity index (χ0n) is 15.0. The van der Waals surface area contributed by atoms with Crippen molar-refractivity contribution < 1.29 is 4.79 Å². The van der Waals surface area contributed by atoms with Gasteiger partial charge in [-0.05, 0) is 45.7 Å². The summed E-state index contributed by atoms with van der Waals surface area (Å²) in [6.07, 6.45) is 8.70. The van der Waals surface area contributed by atoms with E-state index in [4.69, 9.17) is 0 Å². The predicted molar refractivity (Wildman–Crippen MR) is 101 cm³/mol. The Morgan fingerprint density at radius 1 is 1.36 bits per heavy atom. The third-order valence-corrected chi connectivity index (χ3v) is 6.19. The minimum absolute atomic E-state index is 0.105. The van der Waals surface area contributed by atoms with Crippen LogP contribution in [0.25, 0.3) is 0 Å². The second-order valence-corrected chi connectivity index (χ2v) is 8.32. The third-order valence-electron chi connectivity index (χ3n) is 5.11. The van der Waals surface area contributed by atoms with Crippen molar-refractivity contribution in [3.63, 3.8) is 0 Å². The molecular weight excluding hydrogens is 334 g/mol. The van der Waals surface area contributed by atoms with Crippen LogP contribution in [0.15, 0.2) is 17.8 Å². The van der Waals surface area contributed by atoms with Gasteiger partial charge in [0.25, 0.3) is 0 Å². The number of nitrogens with zero attached hydrogens (tertiary/aromatic N) is 3. The molecule has 7 heteroatoms. The van der Waals surface area contributed by atoms with Gasteiger partial charge in [-0.2, -0.15) is 0 Å². The van der Waals surface area contributed by atoms with Crippen LogP contribution in [0.1, 0.15) is 57.2 Å². The van der Waals surface area contributed by atoms with Crippen LogP contribution < -0.4 is 10.6 Å². The Morgan fingerprint density at radius 3 is 2.76 bits per heavy atom. The van der Waals surface area contributed by atoms with E-state index in [0.29, 0.717) is 18.5 Å². The van der Waals surface area contributed by atoms with Crippen LogP contribution >= 0.6 is 11.8 Å². The maximum absolute atomic E-state index is 12.5. The van der Waals surface area contributed by atoms with Gasteiger partial charge in [0.05, 0.1) is 5.25 Å². The Balaban J connectivity index is 1.66. The van der Waals surface area contributed by atoms with Crippen molar-refractivity contribution in [2.75, 3.05) is 13.1 Å². The average molecular weight is 364 g/mol. The van der Waals surface area contributed by atoms with E-state index in [2.05, 4.69) is 32.0 Å². The first kappa shape index (κ1) is 18.5. The molecule has 6 nitrogen and oxygen atoms in total. The number of allylic oxidation sites excluding steroid dienone is 1. The lowest BCUT2D eigenvalue weighted by molar-refractivity contribution is -0.120. The Kier molecular flexibility index (Phi) is 6.53. The molecule has 0 unspecified atom stereocenters. The summed E-state index contributed by atoms with van der Waals surface area (Å²) in [6, 6.07) is 0.354. The summed E-state index contributed by atoms with van der Waals surface area (Å²) in [5.41, 5.74) is 0. The minimum atomic E-state index is -0.172. The maximum atomic E-state index is 12.5. The van der Waals surface area contributed by atoms with Gasteiger partial charge in [-0.3, -0.25) is 4.79 Å². The highest BCUT2D eigenvalue weighted by atomic mass is 32.2. The molecule has 3 rings (SSSR count). The molecule has 25 heavy (non-hydrogen) atoms. The summed E-state index contributed by atoms with van der Waals surface area (Å²) >= 11 is 1.50. The molecule has 1 amide bonds. The van der Waals surface area contributed by atoms with E-state index in [9.17, 15) is 4.79 Å². The highest BCUT2D eigenvalue weighted by Crippen LogP contribution is 2.29. The molecule has 1 atom stereocenters. The van der Waals surface area contributed by atoms with Crippen molar-refractivity contribution in [1.82, 2.24) is 25.4 Å². The van der Waals surface area contributed by atoms with Crippen molar-refractivity contribution >= 4 is 17.7 Å². The molecule has 2 fully saturated rings. The molecule has 1 aromatic heterocycles. The van der Waals surface area contributed by atoms with Crippen molar-refractivity contribution in [3.8, 4) is 0 Å². The molecule has 1 aliphatic carbocycles. The number of rotatable bonds is 7. The number of hydrogen-bond donors (Lipinski definition) is 2. The van der Waals surface area contributed by atoms with Crippen LogP contribution in [0.3, 0.4) is 0 Å². The number of piperidine rings is 1. The SMILES string of the molecule is C=CCn1c(S[C@H](C)C(=O)NC2CCCC2)nnc1C1CCNCC1. The quantitative estimate of drug-likeness (QED) is 0.575. The van der Waals surface area contributed by atoms with Gasteiger partial charge in [0.2, 0.25) is 5.91 Å². The summed E-state index contributed by atoms with van der Waals surface area (Å²) in [5.74, 6) is 1.58. The van der Waals surface area contributed by atoms with E-state index in [0.717, 1.165) is 49.8 Å². The number of carbonyl (C=O) groups excluding carboxylic acids is 1. The van der Waals surface area contributed by atoms with Crippen LogP contribution in [-0.4, -0.2) is 45.1 Å². The largest absolute Gasteiger partial charge is 0.352 e. The molecule has 0 aromatic carbocycles. The molecule has 1 aromatic rings. The van der Waals surface area contributed by atoms with E-state index in [-0.39, 0.29) is 11.2 Å². The number of hydrogen-bond acceptors (Lipinski definition) is 5. The van der Waals surface area contributed by atoms with Crippen molar-refractivity contribution in [1.29, 1.82) is 0 Å². The molecule has 2 N–H and O–H groups in total. The van der Waals surface area contributed by atoms with Crippen LogP contribution in [0.2, 0.25) is 0 Å². The summed E-state index contributed by atoms with van der Waals surface area (Å²) in [5, 5.41) is 16.1. The Hall–Kier alpha value is -1.34. The molecule has 1 saturated carbocycles. The normalized spacial score (nSPS) is 20.5. The number of nitrogens with one attached hydrogen (secondary N) is 2. The lowest BCUT2D eigenvalue weighted by atomic mass is 9.97. The highest BCUT2D eigenvalue weighted by molar-refractivity contribution is 8.00. The summed E-state index contributed by atoms with van der Waals surface area (Å²) in [4.78, 5) is 12.5. The summed E-state index contributed by atoms with van der Waals surface area (Å²) < 4.78 is 2.13. The van der Waals surface area contributed by atoms with E-state index >= 15 is 0 Å². The molecule has 2 aliphatic rings. The van der Waals surface area contributed by atoms with Gasteiger partial charge in [-0.1, -0.05) is 30.7 Å². The second kappa shape index (κ2) is 8.85. The fraction of sp³-hybridized carbons (Fsp3) is 0.722. The molecule has 1 saturated heterocycles. The molecule has 2 heterocycles. The van der Waals surface area contributed by atoms with Gasteiger partial charge < -0.3 is 15.2 Å². The van der Waals surface area contributed by atoms with Crippen molar-refractivity contribution in [2.24, 2.45) is 0 Å². The van der Waals surface area contributed by atoms with Gasteiger partial charge in [0.1, 0.15) is 5.82 Å². The van der Waals surface area contributed by atoms with Crippen molar-refractivity contribution in [2.45, 2.75) is 74.4 Å². The molecule has 0 bridgehead atoms. The number of carbonyl (C=O) groups is 1. The number of thioether (sulfide) groups is 1. The third kappa shape index (κ3) is 4.64. The highest BCUT2D eigenvalue weighted by Gasteiger charge is 2.26. The van der Waals surface area contributed by atoms with E-state index < -0.39 is 0 Å². The van der Waals surface area contributed by atoms with Gasteiger partial charge in [0.15, 0.2) is 5.16 Å². The standard InChI is InChI=1S/C18H29N5OS/c1-3-12-23-16(14-8-10-19-11-9-14)21-22-18(23)25-13(2)17(24)20-15-6-4-5-7-15/h3,13-15,19H,1,4-12H2,2H3,(H,20,24)/t13-/m1/s1. The number of amides is 1. The van der Waals surface area contributed by atoms with Gasteiger partial charge in [-0.15, -0.1) is 16.8 Å². The molecule has 138 valence electrons. The van der Waals surface area contributed by atoms with Gasteiger partial charge >= 0.3 is 0 Å². The zero-order chi connectivity index (χ0) is 17.6. The van der Waals surface area contributed by atoms with Crippen LogP contribution in [-0.2, 0) is 11.3 Å². The Morgan fingerprint density at radius 2 is 2.08 bits per heavy atom. The first-order chi connectivity index (χ1) is 12.2.